The van der Waals surface area contributed by atoms with E-state index in [1.165, 1.54) is 37.1 Å². The van der Waals surface area contributed by atoms with Crippen molar-refractivity contribution in [3.05, 3.63) is 45.8 Å². The molecule has 24 heavy (non-hydrogen) atoms. The zero-order valence-electron chi connectivity index (χ0n) is 13.4. The van der Waals surface area contributed by atoms with Crippen LogP contribution in [0.15, 0.2) is 29.4 Å². The Bertz CT molecular complexity index is 762. The molecular weight excluding hydrogens is 332 g/mol. The van der Waals surface area contributed by atoms with Crippen LogP contribution in [0.3, 0.4) is 0 Å². The Morgan fingerprint density at radius 3 is 2.54 bits per heavy atom. The highest BCUT2D eigenvalue weighted by atomic mass is 32.2. The monoisotopic (exact) mass is 348 g/mol. The van der Waals surface area contributed by atoms with Crippen LogP contribution in [-0.4, -0.2) is 33.7 Å². The summed E-state index contributed by atoms with van der Waals surface area (Å²) in [6.45, 7) is 3.73. The van der Waals surface area contributed by atoms with Gasteiger partial charge in [-0.2, -0.15) is 0 Å². The first-order valence-electron chi connectivity index (χ1n) is 6.96. The van der Waals surface area contributed by atoms with Crippen molar-refractivity contribution in [1.29, 1.82) is 0 Å². The number of carbonyl (C=O) groups excluding carboxylic acids is 1. The molecule has 8 nitrogen and oxygen atoms in total. The van der Waals surface area contributed by atoms with Crippen molar-refractivity contribution in [3.63, 3.8) is 0 Å². The fourth-order valence-corrected chi connectivity index (χ4v) is 2.74. The number of amides is 1. The second kappa shape index (κ2) is 7.73. The Balaban J connectivity index is 2.00. The second-order valence-corrected chi connectivity index (χ2v) is 5.86. The Morgan fingerprint density at radius 2 is 1.96 bits per heavy atom. The Kier molecular flexibility index (Phi) is 5.69. The van der Waals surface area contributed by atoms with Crippen molar-refractivity contribution in [2.24, 2.45) is 0 Å². The van der Waals surface area contributed by atoms with Crippen molar-refractivity contribution < 1.29 is 14.5 Å². The van der Waals surface area contributed by atoms with Crippen LogP contribution in [0.25, 0.3) is 0 Å². The highest BCUT2D eigenvalue weighted by Gasteiger charge is 2.15. The predicted molar refractivity (Wildman–Crippen MR) is 90.5 cm³/mol. The molecule has 0 aliphatic carbocycles. The number of nitro benzene ring substituents is 1. The highest BCUT2D eigenvalue weighted by Crippen LogP contribution is 2.29. The average Bonchev–Trinajstić information content (AvgIpc) is 2.51. The number of rotatable bonds is 6. The third-order valence-corrected chi connectivity index (χ3v) is 3.80. The number of aromatic nitrogens is 2. The lowest BCUT2D eigenvalue weighted by atomic mass is 10.2. The van der Waals surface area contributed by atoms with Gasteiger partial charge in [0.2, 0.25) is 5.91 Å². The molecule has 1 N–H and O–H groups in total. The van der Waals surface area contributed by atoms with Crippen molar-refractivity contribution in [3.8, 4) is 5.75 Å². The average molecular weight is 348 g/mol. The lowest BCUT2D eigenvalue weighted by Crippen LogP contribution is -2.14. The lowest BCUT2D eigenvalue weighted by molar-refractivity contribution is -0.385. The molecule has 1 aromatic carbocycles. The van der Waals surface area contributed by atoms with Crippen molar-refractivity contribution >= 4 is 29.0 Å². The first-order chi connectivity index (χ1) is 11.4. The van der Waals surface area contributed by atoms with Gasteiger partial charge in [0.25, 0.3) is 0 Å². The highest BCUT2D eigenvalue weighted by molar-refractivity contribution is 7.99. The van der Waals surface area contributed by atoms with E-state index in [9.17, 15) is 14.9 Å². The summed E-state index contributed by atoms with van der Waals surface area (Å²) in [4.78, 5) is 30.8. The summed E-state index contributed by atoms with van der Waals surface area (Å²) in [7, 11) is 1.33. The van der Waals surface area contributed by atoms with Gasteiger partial charge in [0.1, 0.15) is 0 Å². The Hall–Kier alpha value is -2.68. The predicted octanol–water partition coefficient (Wildman–Crippen LogP) is 2.74. The number of ether oxygens (including phenoxy) is 1. The van der Waals surface area contributed by atoms with Crippen molar-refractivity contribution in [1.82, 2.24) is 9.97 Å². The molecular formula is C15H16N4O4S. The molecule has 9 heteroatoms. The summed E-state index contributed by atoms with van der Waals surface area (Å²) in [5.74, 6) is -0.0517. The third-order valence-electron chi connectivity index (χ3n) is 2.95. The number of hydrogen-bond acceptors (Lipinski definition) is 7. The number of methoxy groups -OCH3 is 1. The van der Waals surface area contributed by atoms with Gasteiger partial charge >= 0.3 is 5.69 Å². The summed E-state index contributed by atoms with van der Waals surface area (Å²) >= 11 is 1.22. The molecule has 1 aromatic heterocycles. The minimum atomic E-state index is -0.544. The summed E-state index contributed by atoms with van der Waals surface area (Å²) in [6, 6.07) is 6.01. The van der Waals surface area contributed by atoms with Gasteiger partial charge in [-0.15, -0.1) is 0 Å². The van der Waals surface area contributed by atoms with Gasteiger partial charge < -0.3 is 10.1 Å². The molecule has 0 aliphatic rings. The van der Waals surface area contributed by atoms with Gasteiger partial charge in [-0.25, -0.2) is 9.97 Å². The van der Waals surface area contributed by atoms with Gasteiger partial charge in [-0.05, 0) is 26.0 Å². The molecule has 2 aromatic rings. The van der Waals surface area contributed by atoms with E-state index in [4.69, 9.17) is 4.74 Å². The zero-order chi connectivity index (χ0) is 17.7. The number of carbonyl (C=O) groups is 1. The van der Waals surface area contributed by atoms with Gasteiger partial charge in [0, 0.05) is 29.2 Å². The standard InChI is InChI=1S/C15H16N4O4S/c1-9-6-10(2)17-15(16-9)24-8-14(20)18-11-4-5-12(19(21)22)13(7-11)23-3/h4-7H,8H2,1-3H3,(H,18,20). The van der Waals surface area contributed by atoms with E-state index in [2.05, 4.69) is 15.3 Å². The number of aryl methyl sites for hydroxylation is 2. The Labute approximate surface area is 142 Å². The van der Waals surface area contributed by atoms with Gasteiger partial charge in [-0.3, -0.25) is 14.9 Å². The van der Waals surface area contributed by atoms with Crippen LogP contribution in [0, 0.1) is 24.0 Å². The maximum Gasteiger partial charge on any atom is 0.311 e. The van der Waals surface area contributed by atoms with E-state index < -0.39 is 4.92 Å². The molecule has 0 unspecified atom stereocenters. The fourth-order valence-electron chi connectivity index (χ4n) is 1.99. The molecule has 0 atom stereocenters. The number of benzene rings is 1. The van der Waals surface area contributed by atoms with Crippen LogP contribution in [0.5, 0.6) is 5.75 Å². The maximum absolute atomic E-state index is 12.0. The smallest absolute Gasteiger partial charge is 0.311 e. The normalized spacial score (nSPS) is 10.3. The number of hydrogen-bond donors (Lipinski definition) is 1. The Morgan fingerprint density at radius 1 is 1.29 bits per heavy atom. The van der Waals surface area contributed by atoms with E-state index in [1.54, 1.807) is 0 Å². The quantitative estimate of drug-likeness (QED) is 0.370. The molecule has 2 rings (SSSR count). The molecule has 0 spiro atoms. The first kappa shape index (κ1) is 17.7. The summed E-state index contributed by atoms with van der Waals surface area (Å²) < 4.78 is 4.97. The molecule has 126 valence electrons. The van der Waals surface area contributed by atoms with Crippen LogP contribution < -0.4 is 10.1 Å². The number of anilines is 1. The molecule has 0 saturated heterocycles. The summed E-state index contributed by atoms with van der Waals surface area (Å²) in [6.07, 6.45) is 0. The van der Waals surface area contributed by atoms with Crippen LogP contribution in [0.1, 0.15) is 11.4 Å². The van der Waals surface area contributed by atoms with Crippen molar-refractivity contribution in [2.75, 3.05) is 18.2 Å². The third kappa shape index (κ3) is 4.66. The van der Waals surface area contributed by atoms with Crippen LogP contribution in [0.4, 0.5) is 11.4 Å². The number of nitrogens with zero attached hydrogens (tertiary/aromatic N) is 3. The molecule has 1 amide bonds. The van der Waals surface area contributed by atoms with E-state index in [1.807, 2.05) is 19.9 Å². The van der Waals surface area contributed by atoms with Gasteiger partial charge in [0.15, 0.2) is 10.9 Å². The molecule has 0 saturated carbocycles. The molecule has 1 heterocycles. The lowest BCUT2D eigenvalue weighted by Gasteiger charge is -2.07. The number of nitrogens with one attached hydrogen (secondary N) is 1. The van der Waals surface area contributed by atoms with E-state index in [0.717, 1.165) is 11.4 Å². The molecule has 0 bridgehead atoms. The van der Waals surface area contributed by atoms with Crippen LogP contribution >= 0.6 is 11.8 Å². The fraction of sp³-hybridized carbons (Fsp3) is 0.267. The van der Waals surface area contributed by atoms with Crippen molar-refractivity contribution in [2.45, 2.75) is 19.0 Å². The number of thioether (sulfide) groups is 1. The molecule has 0 fully saturated rings. The first-order valence-corrected chi connectivity index (χ1v) is 7.95. The summed E-state index contributed by atoms with van der Waals surface area (Å²) in [5, 5.41) is 14.0. The summed E-state index contributed by atoms with van der Waals surface area (Å²) in [5.41, 5.74) is 1.94. The topological polar surface area (TPSA) is 107 Å². The maximum atomic E-state index is 12.0. The minimum absolute atomic E-state index is 0.0862. The largest absolute Gasteiger partial charge is 0.490 e. The van der Waals surface area contributed by atoms with E-state index in [0.29, 0.717) is 10.8 Å². The van der Waals surface area contributed by atoms with Gasteiger partial charge in [-0.1, -0.05) is 11.8 Å². The second-order valence-electron chi connectivity index (χ2n) is 4.91. The van der Waals surface area contributed by atoms with E-state index in [-0.39, 0.29) is 23.1 Å². The number of nitro groups is 1. The van der Waals surface area contributed by atoms with E-state index >= 15 is 0 Å². The minimum Gasteiger partial charge on any atom is -0.490 e. The van der Waals surface area contributed by atoms with Crippen LogP contribution in [-0.2, 0) is 4.79 Å². The SMILES string of the molecule is COc1cc(NC(=O)CSc2nc(C)cc(C)n2)ccc1[N+](=O)[O-]. The zero-order valence-corrected chi connectivity index (χ0v) is 14.2. The van der Waals surface area contributed by atoms with Crippen LogP contribution in [0.2, 0.25) is 0 Å². The molecule has 0 radical (unpaired) electrons. The molecule has 0 aliphatic heterocycles. The van der Waals surface area contributed by atoms with Gasteiger partial charge in [0.05, 0.1) is 17.8 Å².